The van der Waals surface area contributed by atoms with Crippen LogP contribution in [0.5, 0.6) is 11.5 Å². The summed E-state index contributed by atoms with van der Waals surface area (Å²) in [6, 6.07) is 12.4. The smallest absolute Gasteiger partial charge is 0.253 e. The Kier molecular flexibility index (Phi) is 6.41. The minimum Gasteiger partial charge on any atom is -0.456 e. The van der Waals surface area contributed by atoms with Crippen molar-refractivity contribution in [3.8, 4) is 11.5 Å². The molecular formula is C20H22Cl2N2O2. The zero-order chi connectivity index (χ0) is 18.5. The van der Waals surface area contributed by atoms with Crippen molar-refractivity contribution in [1.29, 1.82) is 0 Å². The van der Waals surface area contributed by atoms with Crippen LogP contribution < -0.4 is 10.1 Å². The number of rotatable bonds is 5. The SMILES string of the molecule is CNCC1CCN(C(=O)c2ccc(Oc3cccc(Cl)c3Cl)cc2)CC1. The van der Waals surface area contributed by atoms with E-state index < -0.39 is 0 Å². The molecule has 2 aromatic carbocycles. The Balaban J connectivity index is 1.62. The fourth-order valence-corrected chi connectivity index (χ4v) is 3.50. The van der Waals surface area contributed by atoms with E-state index in [4.69, 9.17) is 27.9 Å². The highest BCUT2D eigenvalue weighted by Gasteiger charge is 2.23. The average molecular weight is 393 g/mol. The Morgan fingerprint density at radius 1 is 1.15 bits per heavy atom. The Morgan fingerprint density at radius 2 is 1.85 bits per heavy atom. The first-order valence-electron chi connectivity index (χ1n) is 8.74. The quantitative estimate of drug-likeness (QED) is 0.789. The maximum absolute atomic E-state index is 12.7. The van der Waals surface area contributed by atoms with Crippen LogP contribution in [-0.4, -0.2) is 37.5 Å². The minimum atomic E-state index is 0.0697. The number of nitrogens with zero attached hydrogens (tertiary/aromatic N) is 1. The first kappa shape index (κ1) is 19.0. The van der Waals surface area contributed by atoms with Gasteiger partial charge in [0.1, 0.15) is 16.5 Å². The summed E-state index contributed by atoms with van der Waals surface area (Å²) in [6.07, 6.45) is 2.09. The zero-order valence-corrected chi connectivity index (χ0v) is 16.2. The van der Waals surface area contributed by atoms with Gasteiger partial charge in [0, 0.05) is 18.7 Å². The second-order valence-electron chi connectivity index (χ2n) is 6.47. The van der Waals surface area contributed by atoms with Crippen molar-refractivity contribution in [3.05, 3.63) is 58.1 Å². The molecule has 1 aliphatic heterocycles. The van der Waals surface area contributed by atoms with Gasteiger partial charge in [-0.05, 0) is 68.8 Å². The minimum absolute atomic E-state index is 0.0697. The molecule has 3 rings (SSSR count). The van der Waals surface area contributed by atoms with E-state index >= 15 is 0 Å². The number of carbonyl (C=O) groups is 1. The fraction of sp³-hybridized carbons (Fsp3) is 0.350. The molecule has 1 N–H and O–H groups in total. The third kappa shape index (κ3) is 4.50. The number of ether oxygens (including phenoxy) is 1. The summed E-state index contributed by atoms with van der Waals surface area (Å²) in [5, 5.41) is 4.03. The van der Waals surface area contributed by atoms with Gasteiger partial charge in [0.2, 0.25) is 0 Å². The summed E-state index contributed by atoms with van der Waals surface area (Å²) in [5.41, 5.74) is 0.668. The van der Waals surface area contributed by atoms with Crippen molar-refractivity contribution in [2.45, 2.75) is 12.8 Å². The summed E-state index contributed by atoms with van der Waals surface area (Å²) in [5.74, 6) is 1.82. The molecule has 0 unspecified atom stereocenters. The molecule has 138 valence electrons. The Hall–Kier alpha value is -1.75. The molecule has 0 radical (unpaired) electrons. The predicted octanol–water partition coefficient (Wildman–Crippen LogP) is 4.86. The Labute approximate surface area is 164 Å². The summed E-state index contributed by atoms with van der Waals surface area (Å²) < 4.78 is 5.76. The van der Waals surface area contributed by atoms with E-state index in [0.29, 0.717) is 33.0 Å². The maximum Gasteiger partial charge on any atom is 0.253 e. The molecule has 1 aliphatic rings. The molecule has 0 spiro atoms. The molecule has 0 atom stereocenters. The number of carbonyl (C=O) groups excluding carboxylic acids is 1. The van der Waals surface area contributed by atoms with Crippen LogP contribution in [0.4, 0.5) is 0 Å². The molecule has 2 aromatic rings. The molecule has 0 bridgehead atoms. The Morgan fingerprint density at radius 3 is 2.50 bits per heavy atom. The van der Waals surface area contributed by atoms with Crippen molar-refractivity contribution in [1.82, 2.24) is 10.2 Å². The van der Waals surface area contributed by atoms with Crippen molar-refractivity contribution >= 4 is 29.1 Å². The van der Waals surface area contributed by atoms with E-state index in [-0.39, 0.29) is 5.91 Å². The number of halogens is 2. The maximum atomic E-state index is 12.7. The van der Waals surface area contributed by atoms with Gasteiger partial charge in [0.25, 0.3) is 5.91 Å². The number of nitrogens with one attached hydrogen (secondary N) is 1. The summed E-state index contributed by atoms with van der Waals surface area (Å²) >= 11 is 12.1. The number of hydrogen-bond acceptors (Lipinski definition) is 3. The van der Waals surface area contributed by atoms with Gasteiger partial charge in [-0.15, -0.1) is 0 Å². The van der Waals surface area contributed by atoms with Crippen molar-refractivity contribution in [2.75, 3.05) is 26.7 Å². The third-order valence-corrected chi connectivity index (χ3v) is 5.44. The van der Waals surface area contributed by atoms with E-state index in [1.165, 1.54) is 0 Å². The topological polar surface area (TPSA) is 41.6 Å². The highest BCUT2D eigenvalue weighted by atomic mass is 35.5. The predicted molar refractivity (Wildman–Crippen MR) is 106 cm³/mol. The molecule has 1 saturated heterocycles. The van der Waals surface area contributed by atoms with E-state index in [9.17, 15) is 4.79 Å². The normalized spacial score (nSPS) is 15.1. The Bertz CT molecular complexity index is 757. The number of benzene rings is 2. The summed E-state index contributed by atoms with van der Waals surface area (Å²) in [6.45, 7) is 2.63. The standard InChI is InChI=1S/C20H22Cl2N2O2/c1-23-13-14-9-11-24(12-10-14)20(25)15-5-7-16(8-6-15)26-18-4-2-3-17(21)19(18)22/h2-8,14,23H,9-13H2,1H3. The molecular weight excluding hydrogens is 371 g/mol. The molecule has 6 heteroatoms. The average Bonchev–Trinajstić information content (AvgIpc) is 2.66. The van der Waals surface area contributed by atoms with E-state index in [0.717, 1.165) is 32.5 Å². The van der Waals surface area contributed by atoms with Crippen LogP contribution in [0.2, 0.25) is 10.0 Å². The lowest BCUT2D eigenvalue weighted by molar-refractivity contribution is 0.0691. The monoisotopic (exact) mass is 392 g/mol. The molecule has 0 saturated carbocycles. The lowest BCUT2D eigenvalue weighted by Gasteiger charge is -2.32. The van der Waals surface area contributed by atoms with Gasteiger partial charge >= 0.3 is 0 Å². The number of piperidine rings is 1. The summed E-state index contributed by atoms with van der Waals surface area (Å²) in [4.78, 5) is 14.6. The van der Waals surface area contributed by atoms with Crippen LogP contribution in [0.1, 0.15) is 23.2 Å². The van der Waals surface area contributed by atoms with Gasteiger partial charge in [-0.2, -0.15) is 0 Å². The fourth-order valence-electron chi connectivity index (χ4n) is 3.17. The van der Waals surface area contributed by atoms with Crippen molar-refractivity contribution in [2.24, 2.45) is 5.92 Å². The third-order valence-electron chi connectivity index (χ3n) is 4.64. The van der Waals surface area contributed by atoms with E-state index in [1.54, 1.807) is 42.5 Å². The molecule has 4 nitrogen and oxygen atoms in total. The molecule has 0 aromatic heterocycles. The van der Waals surface area contributed by atoms with Gasteiger partial charge in [-0.1, -0.05) is 29.3 Å². The van der Waals surface area contributed by atoms with Crippen LogP contribution in [0.25, 0.3) is 0 Å². The lowest BCUT2D eigenvalue weighted by atomic mass is 9.96. The van der Waals surface area contributed by atoms with Crippen LogP contribution in [0, 0.1) is 5.92 Å². The first-order valence-corrected chi connectivity index (χ1v) is 9.50. The van der Waals surface area contributed by atoms with Crippen LogP contribution >= 0.6 is 23.2 Å². The van der Waals surface area contributed by atoms with Crippen LogP contribution in [-0.2, 0) is 0 Å². The molecule has 1 amide bonds. The zero-order valence-electron chi connectivity index (χ0n) is 14.7. The van der Waals surface area contributed by atoms with Crippen molar-refractivity contribution in [3.63, 3.8) is 0 Å². The lowest BCUT2D eigenvalue weighted by Crippen LogP contribution is -2.40. The summed E-state index contributed by atoms with van der Waals surface area (Å²) in [7, 11) is 1.97. The first-order chi connectivity index (χ1) is 12.6. The molecule has 26 heavy (non-hydrogen) atoms. The van der Waals surface area contributed by atoms with Crippen LogP contribution in [0.15, 0.2) is 42.5 Å². The molecule has 0 aliphatic carbocycles. The van der Waals surface area contributed by atoms with Crippen LogP contribution in [0.3, 0.4) is 0 Å². The largest absolute Gasteiger partial charge is 0.456 e. The van der Waals surface area contributed by atoms with Crippen molar-refractivity contribution < 1.29 is 9.53 Å². The second kappa shape index (κ2) is 8.76. The second-order valence-corrected chi connectivity index (χ2v) is 7.26. The number of hydrogen-bond donors (Lipinski definition) is 1. The van der Waals surface area contributed by atoms with Gasteiger partial charge in [0.05, 0.1) is 5.02 Å². The highest BCUT2D eigenvalue weighted by Crippen LogP contribution is 2.34. The van der Waals surface area contributed by atoms with Gasteiger partial charge in [-0.25, -0.2) is 0 Å². The van der Waals surface area contributed by atoms with E-state index in [1.807, 2.05) is 11.9 Å². The van der Waals surface area contributed by atoms with Gasteiger partial charge in [-0.3, -0.25) is 4.79 Å². The highest BCUT2D eigenvalue weighted by molar-refractivity contribution is 6.42. The van der Waals surface area contributed by atoms with E-state index in [2.05, 4.69) is 5.32 Å². The number of amides is 1. The number of likely N-dealkylation sites (tertiary alicyclic amines) is 1. The molecule has 1 heterocycles. The molecule has 1 fully saturated rings. The van der Waals surface area contributed by atoms with Gasteiger partial charge in [0.15, 0.2) is 0 Å². The van der Waals surface area contributed by atoms with Gasteiger partial charge < -0.3 is 15.0 Å².